The molecule has 0 saturated carbocycles. The minimum absolute atomic E-state index is 0.162. The molecule has 3 rings (SSSR count). The molecular formula is C17H14NO4-. The third-order valence-electron chi connectivity index (χ3n) is 3.53. The van der Waals surface area contributed by atoms with Gasteiger partial charge in [0.2, 0.25) is 0 Å². The summed E-state index contributed by atoms with van der Waals surface area (Å²) in [6.07, 6.45) is 3.97. The highest BCUT2D eigenvalue weighted by Gasteiger charge is 2.23. The normalized spacial score (nSPS) is 17.2. The van der Waals surface area contributed by atoms with E-state index in [0.29, 0.717) is 12.0 Å². The topological polar surface area (TPSA) is 72.8 Å². The number of carbonyl (C=O) groups is 1. The van der Waals surface area contributed by atoms with Crippen LogP contribution in [0.3, 0.4) is 0 Å². The highest BCUT2D eigenvalue weighted by atomic mass is 16.8. The van der Waals surface area contributed by atoms with E-state index in [-0.39, 0.29) is 23.0 Å². The van der Waals surface area contributed by atoms with Crippen molar-refractivity contribution in [2.75, 3.05) is 5.23 Å². The molecule has 0 radical (unpaired) electrons. The smallest absolute Gasteiger partial charge is 0.339 e. The van der Waals surface area contributed by atoms with Gasteiger partial charge in [0.25, 0.3) is 0 Å². The summed E-state index contributed by atoms with van der Waals surface area (Å²) in [5.74, 6) is -0.311. The molecule has 1 N–H and O–H groups in total. The van der Waals surface area contributed by atoms with Crippen molar-refractivity contribution in [2.24, 2.45) is 0 Å². The first-order chi connectivity index (χ1) is 10.6. The molecule has 112 valence electrons. The third kappa shape index (κ3) is 3.00. The van der Waals surface area contributed by atoms with E-state index in [4.69, 9.17) is 9.94 Å². The summed E-state index contributed by atoms with van der Waals surface area (Å²) in [4.78, 5) is 11.9. The average molecular weight is 296 g/mol. The van der Waals surface area contributed by atoms with Crippen molar-refractivity contribution in [1.29, 1.82) is 0 Å². The number of cyclic esters (lactones) is 1. The Morgan fingerprint density at radius 3 is 2.64 bits per heavy atom. The van der Waals surface area contributed by atoms with Crippen molar-refractivity contribution in [3.63, 3.8) is 0 Å². The molecule has 0 bridgehead atoms. The molecule has 22 heavy (non-hydrogen) atoms. The van der Waals surface area contributed by atoms with E-state index in [1.165, 1.54) is 12.1 Å². The first-order valence-electron chi connectivity index (χ1n) is 6.87. The van der Waals surface area contributed by atoms with Gasteiger partial charge in [-0.1, -0.05) is 36.4 Å². The molecule has 1 unspecified atom stereocenters. The average Bonchev–Trinajstić information content (AvgIpc) is 2.53. The zero-order valence-electron chi connectivity index (χ0n) is 11.7. The van der Waals surface area contributed by atoms with Crippen LogP contribution in [0, 0.1) is 5.21 Å². The van der Waals surface area contributed by atoms with Gasteiger partial charge in [-0.05, 0) is 35.4 Å². The molecule has 0 aromatic heterocycles. The Kier molecular flexibility index (Phi) is 3.91. The van der Waals surface area contributed by atoms with E-state index >= 15 is 0 Å². The van der Waals surface area contributed by atoms with Crippen molar-refractivity contribution >= 4 is 17.7 Å². The lowest BCUT2D eigenvalue weighted by Crippen LogP contribution is -2.25. The molecule has 0 amide bonds. The van der Waals surface area contributed by atoms with Crippen LogP contribution in [0.4, 0.5) is 5.69 Å². The molecule has 0 spiro atoms. The molecule has 0 saturated heterocycles. The summed E-state index contributed by atoms with van der Waals surface area (Å²) in [6, 6.07) is 13.8. The van der Waals surface area contributed by atoms with Crippen LogP contribution in [-0.2, 0) is 11.2 Å². The number of anilines is 1. The van der Waals surface area contributed by atoms with Gasteiger partial charge in [0.1, 0.15) is 6.10 Å². The lowest BCUT2D eigenvalue weighted by atomic mass is 9.98. The van der Waals surface area contributed by atoms with Crippen LogP contribution in [0.15, 0.2) is 54.6 Å². The fraction of sp³-hybridized carbons (Fsp3) is 0.118. The van der Waals surface area contributed by atoms with Crippen LogP contribution >= 0.6 is 0 Å². The van der Waals surface area contributed by atoms with Gasteiger partial charge in [0.05, 0.1) is 11.3 Å². The highest BCUT2D eigenvalue weighted by molar-refractivity contribution is 5.92. The van der Waals surface area contributed by atoms with Gasteiger partial charge in [0.15, 0.2) is 0 Å². The Balaban J connectivity index is 1.73. The van der Waals surface area contributed by atoms with Crippen LogP contribution < -0.4 is 5.23 Å². The summed E-state index contributed by atoms with van der Waals surface area (Å²) < 4.78 is 5.37. The summed E-state index contributed by atoms with van der Waals surface area (Å²) in [7, 11) is 0. The lowest BCUT2D eigenvalue weighted by Gasteiger charge is -2.22. The molecule has 1 heterocycles. The molecule has 1 atom stereocenters. The molecule has 1 aliphatic heterocycles. The Hall–Kier alpha value is -2.63. The van der Waals surface area contributed by atoms with Crippen LogP contribution in [0.5, 0.6) is 0 Å². The SMILES string of the molecule is O=C1OC(C=Cc2ccc(N([O-])O)cc2)Cc2ccccc21. The predicted octanol–water partition coefficient (Wildman–Crippen LogP) is 3.17. The Morgan fingerprint density at radius 2 is 1.91 bits per heavy atom. The van der Waals surface area contributed by atoms with Gasteiger partial charge in [-0.15, -0.1) is 0 Å². The van der Waals surface area contributed by atoms with Crippen molar-refractivity contribution < 1.29 is 14.7 Å². The largest absolute Gasteiger partial charge is 0.733 e. The van der Waals surface area contributed by atoms with Crippen LogP contribution in [0.2, 0.25) is 0 Å². The zero-order valence-corrected chi connectivity index (χ0v) is 11.7. The minimum atomic E-state index is -0.311. The fourth-order valence-corrected chi connectivity index (χ4v) is 2.40. The van der Waals surface area contributed by atoms with E-state index in [0.717, 1.165) is 11.1 Å². The Labute approximate surface area is 127 Å². The van der Waals surface area contributed by atoms with E-state index < -0.39 is 0 Å². The second-order valence-electron chi connectivity index (χ2n) is 5.03. The van der Waals surface area contributed by atoms with Crippen LogP contribution in [0.1, 0.15) is 21.5 Å². The molecule has 5 nitrogen and oxygen atoms in total. The minimum Gasteiger partial charge on any atom is -0.733 e. The number of carbonyl (C=O) groups excluding carboxylic acids is 1. The van der Waals surface area contributed by atoms with Crippen molar-refractivity contribution in [2.45, 2.75) is 12.5 Å². The van der Waals surface area contributed by atoms with Gasteiger partial charge in [-0.25, -0.2) is 4.79 Å². The van der Waals surface area contributed by atoms with Crippen molar-refractivity contribution in [3.05, 3.63) is 76.5 Å². The van der Waals surface area contributed by atoms with Gasteiger partial charge in [-0.2, -0.15) is 0 Å². The van der Waals surface area contributed by atoms with Gasteiger partial charge >= 0.3 is 5.97 Å². The summed E-state index contributed by atoms with van der Waals surface area (Å²) in [5, 5.41) is 19.3. The van der Waals surface area contributed by atoms with Crippen molar-refractivity contribution in [1.82, 2.24) is 0 Å². The van der Waals surface area contributed by atoms with Gasteiger partial charge < -0.3 is 15.2 Å². The Morgan fingerprint density at radius 1 is 1.18 bits per heavy atom. The standard InChI is InChI=1S/C17H14NO4/c19-17-16-4-2-1-3-13(16)11-15(22-17)10-7-12-5-8-14(9-6-12)18(20)21/h1-10,15,20H,11H2/q-1. The predicted molar refractivity (Wildman–Crippen MR) is 82.5 cm³/mol. The maximum Gasteiger partial charge on any atom is 0.339 e. The second-order valence-corrected chi connectivity index (χ2v) is 5.03. The third-order valence-corrected chi connectivity index (χ3v) is 3.53. The second kappa shape index (κ2) is 6.01. The van der Waals surface area contributed by atoms with Gasteiger partial charge in [0, 0.05) is 6.42 Å². The van der Waals surface area contributed by atoms with E-state index in [1.54, 1.807) is 18.2 Å². The number of esters is 1. The first kappa shape index (κ1) is 14.3. The lowest BCUT2D eigenvalue weighted by molar-refractivity contribution is 0.0359. The fourth-order valence-electron chi connectivity index (χ4n) is 2.40. The monoisotopic (exact) mass is 296 g/mol. The quantitative estimate of drug-likeness (QED) is 0.695. The number of ether oxygens (including phenoxy) is 1. The molecule has 1 aliphatic rings. The summed E-state index contributed by atoms with van der Waals surface area (Å²) in [6.45, 7) is 0. The maximum atomic E-state index is 11.9. The number of fused-ring (bicyclic) bond motifs is 1. The molecule has 5 heteroatoms. The number of rotatable bonds is 3. The van der Waals surface area contributed by atoms with E-state index in [2.05, 4.69) is 0 Å². The molecular weight excluding hydrogens is 282 g/mol. The Bertz CT molecular complexity index is 707. The molecule has 2 aromatic carbocycles. The first-order valence-corrected chi connectivity index (χ1v) is 6.87. The van der Waals surface area contributed by atoms with Crippen LogP contribution in [0.25, 0.3) is 6.08 Å². The van der Waals surface area contributed by atoms with Crippen LogP contribution in [-0.4, -0.2) is 17.3 Å². The van der Waals surface area contributed by atoms with Crippen molar-refractivity contribution in [3.8, 4) is 0 Å². The van der Waals surface area contributed by atoms with E-state index in [1.807, 2.05) is 30.4 Å². The summed E-state index contributed by atoms with van der Waals surface area (Å²) >= 11 is 0. The number of hydrogen-bond donors (Lipinski definition) is 1. The molecule has 2 aromatic rings. The number of hydrogen-bond acceptors (Lipinski definition) is 5. The van der Waals surface area contributed by atoms with E-state index in [9.17, 15) is 10.0 Å². The molecule has 0 aliphatic carbocycles. The summed E-state index contributed by atoms with van der Waals surface area (Å²) in [5.41, 5.74) is 2.61. The zero-order chi connectivity index (χ0) is 15.5. The number of nitrogens with zero attached hydrogens (tertiary/aromatic N) is 1. The van der Waals surface area contributed by atoms with Gasteiger partial charge in [-0.3, -0.25) is 5.21 Å². The maximum absolute atomic E-state index is 11.9. The molecule has 0 fully saturated rings. The number of benzene rings is 2. The highest BCUT2D eigenvalue weighted by Crippen LogP contribution is 2.22.